The Hall–Kier alpha value is -1.35. The maximum atomic E-state index is 11.5. The molecule has 20 heavy (non-hydrogen) atoms. The Labute approximate surface area is 121 Å². The van der Waals surface area contributed by atoms with Crippen molar-refractivity contribution in [1.82, 2.24) is 4.90 Å². The Balaban J connectivity index is 2.14. The molecule has 0 N–H and O–H groups in total. The van der Waals surface area contributed by atoms with Gasteiger partial charge in [0, 0.05) is 24.2 Å². The van der Waals surface area contributed by atoms with Crippen LogP contribution in [-0.4, -0.2) is 30.9 Å². The highest BCUT2D eigenvalue weighted by Crippen LogP contribution is 2.25. The van der Waals surface area contributed by atoms with E-state index in [0.29, 0.717) is 0 Å². The van der Waals surface area contributed by atoms with E-state index in [1.54, 1.807) is 14.0 Å². The first kappa shape index (κ1) is 15.0. The third kappa shape index (κ3) is 3.60. The van der Waals surface area contributed by atoms with Gasteiger partial charge in [-0.25, -0.2) is 0 Å². The highest BCUT2D eigenvalue weighted by Gasteiger charge is 2.19. The summed E-state index contributed by atoms with van der Waals surface area (Å²) in [5.74, 6) is 1.80. The molecule has 1 aliphatic heterocycles. The molecule has 0 amide bonds. The lowest BCUT2D eigenvalue weighted by Gasteiger charge is -2.32. The van der Waals surface area contributed by atoms with Gasteiger partial charge in [-0.05, 0) is 50.4 Å². The predicted octanol–water partition coefficient (Wildman–Crippen LogP) is 3.52. The Morgan fingerprint density at radius 3 is 2.90 bits per heavy atom. The summed E-state index contributed by atoms with van der Waals surface area (Å²) < 4.78 is 5.44. The van der Waals surface area contributed by atoms with Gasteiger partial charge in [-0.15, -0.1) is 0 Å². The molecule has 0 radical (unpaired) electrons. The van der Waals surface area contributed by atoms with Gasteiger partial charge >= 0.3 is 0 Å². The SMILES string of the molecule is CCC1CCCN(Cc2cc(C(C)=O)ccc2OC)C1. The fraction of sp³-hybridized carbons (Fsp3) is 0.588. The second-order valence-electron chi connectivity index (χ2n) is 5.73. The van der Waals surface area contributed by atoms with Gasteiger partial charge in [0.15, 0.2) is 5.78 Å². The van der Waals surface area contributed by atoms with Crippen LogP contribution >= 0.6 is 0 Å². The van der Waals surface area contributed by atoms with Crippen molar-refractivity contribution in [3.05, 3.63) is 29.3 Å². The van der Waals surface area contributed by atoms with Gasteiger partial charge in [0.05, 0.1) is 7.11 Å². The number of piperidine rings is 1. The third-order valence-corrected chi connectivity index (χ3v) is 4.26. The molecule has 1 aromatic carbocycles. The lowest BCUT2D eigenvalue weighted by atomic mass is 9.95. The lowest BCUT2D eigenvalue weighted by Crippen LogP contribution is -2.34. The summed E-state index contributed by atoms with van der Waals surface area (Å²) in [5.41, 5.74) is 1.89. The van der Waals surface area contributed by atoms with Crippen molar-refractivity contribution in [2.45, 2.75) is 39.7 Å². The van der Waals surface area contributed by atoms with Crippen LogP contribution in [0.3, 0.4) is 0 Å². The molecule has 110 valence electrons. The number of carbonyl (C=O) groups is 1. The summed E-state index contributed by atoms with van der Waals surface area (Å²) in [6.45, 7) is 7.05. The van der Waals surface area contributed by atoms with Gasteiger partial charge in [-0.2, -0.15) is 0 Å². The molecule has 0 bridgehead atoms. The van der Waals surface area contributed by atoms with Crippen molar-refractivity contribution in [1.29, 1.82) is 0 Å². The number of methoxy groups -OCH3 is 1. The molecule has 3 nitrogen and oxygen atoms in total. The number of Topliss-reactive ketones (excluding diaryl/α,β-unsaturated/α-hetero) is 1. The van der Waals surface area contributed by atoms with E-state index in [4.69, 9.17) is 4.74 Å². The van der Waals surface area contributed by atoms with Crippen molar-refractivity contribution in [3.63, 3.8) is 0 Å². The summed E-state index contributed by atoms with van der Waals surface area (Å²) in [5, 5.41) is 0. The van der Waals surface area contributed by atoms with Crippen LogP contribution in [0.4, 0.5) is 0 Å². The standard InChI is InChI=1S/C17H25NO2/c1-4-14-6-5-9-18(11-14)12-16-10-15(13(2)19)7-8-17(16)20-3/h7-8,10,14H,4-6,9,11-12H2,1-3H3. The molecule has 1 unspecified atom stereocenters. The summed E-state index contributed by atoms with van der Waals surface area (Å²) in [4.78, 5) is 14.0. The predicted molar refractivity (Wildman–Crippen MR) is 81.3 cm³/mol. The van der Waals surface area contributed by atoms with E-state index in [2.05, 4.69) is 11.8 Å². The van der Waals surface area contributed by atoms with Crippen LogP contribution in [0.15, 0.2) is 18.2 Å². The van der Waals surface area contributed by atoms with Crippen LogP contribution in [0, 0.1) is 5.92 Å². The Kier molecular flexibility index (Phi) is 5.18. The molecular weight excluding hydrogens is 250 g/mol. The van der Waals surface area contributed by atoms with Crippen molar-refractivity contribution < 1.29 is 9.53 Å². The summed E-state index contributed by atoms with van der Waals surface area (Å²) in [6.07, 6.45) is 3.87. The molecule has 2 rings (SSSR count). The normalized spacial score (nSPS) is 19.9. The summed E-state index contributed by atoms with van der Waals surface area (Å²) >= 11 is 0. The highest BCUT2D eigenvalue weighted by molar-refractivity contribution is 5.94. The largest absolute Gasteiger partial charge is 0.496 e. The van der Waals surface area contributed by atoms with Gasteiger partial charge in [0.2, 0.25) is 0 Å². The van der Waals surface area contributed by atoms with Crippen LogP contribution in [0.25, 0.3) is 0 Å². The van der Waals surface area contributed by atoms with Gasteiger partial charge in [0.1, 0.15) is 5.75 Å². The zero-order chi connectivity index (χ0) is 14.5. The second-order valence-corrected chi connectivity index (χ2v) is 5.73. The molecule has 1 aliphatic rings. The van der Waals surface area contributed by atoms with E-state index in [0.717, 1.165) is 42.4 Å². The molecule has 1 saturated heterocycles. The van der Waals surface area contributed by atoms with Gasteiger partial charge < -0.3 is 4.74 Å². The number of likely N-dealkylation sites (tertiary alicyclic amines) is 1. The first-order valence-electron chi connectivity index (χ1n) is 7.54. The zero-order valence-electron chi connectivity index (χ0n) is 12.8. The quantitative estimate of drug-likeness (QED) is 0.770. The molecular formula is C17H25NO2. The molecule has 0 aliphatic carbocycles. The van der Waals surface area contributed by atoms with E-state index in [1.807, 2.05) is 18.2 Å². The van der Waals surface area contributed by atoms with E-state index < -0.39 is 0 Å². The minimum absolute atomic E-state index is 0.110. The Morgan fingerprint density at radius 2 is 2.25 bits per heavy atom. The van der Waals surface area contributed by atoms with Crippen LogP contribution in [0.5, 0.6) is 5.75 Å². The first-order valence-corrected chi connectivity index (χ1v) is 7.54. The smallest absolute Gasteiger partial charge is 0.159 e. The molecule has 1 heterocycles. The molecule has 1 atom stereocenters. The number of hydrogen-bond acceptors (Lipinski definition) is 3. The first-order chi connectivity index (χ1) is 9.63. The van der Waals surface area contributed by atoms with Crippen molar-refractivity contribution in [2.75, 3.05) is 20.2 Å². The topological polar surface area (TPSA) is 29.5 Å². The van der Waals surface area contributed by atoms with Crippen LogP contribution in [0.1, 0.15) is 49.0 Å². The van der Waals surface area contributed by atoms with Gasteiger partial charge in [-0.3, -0.25) is 9.69 Å². The van der Waals surface area contributed by atoms with Crippen molar-refractivity contribution in [3.8, 4) is 5.75 Å². The molecule has 3 heteroatoms. The minimum Gasteiger partial charge on any atom is -0.496 e. The molecule has 0 saturated carbocycles. The van der Waals surface area contributed by atoms with Crippen LogP contribution in [0.2, 0.25) is 0 Å². The number of ether oxygens (including phenoxy) is 1. The maximum absolute atomic E-state index is 11.5. The second kappa shape index (κ2) is 6.89. The minimum atomic E-state index is 0.110. The van der Waals surface area contributed by atoms with Gasteiger partial charge in [0.25, 0.3) is 0 Å². The number of nitrogens with zero attached hydrogens (tertiary/aromatic N) is 1. The molecule has 1 aromatic rings. The average molecular weight is 275 g/mol. The van der Waals surface area contributed by atoms with E-state index in [1.165, 1.54) is 19.3 Å². The third-order valence-electron chi connectivity index (χ3n) is 4.26. The van der Waals surface area contributed by atoms with Crippen molar-refractivity contribution in [2.24, 2.45) is 5.92 Å². The number of ketones is 1. The van der Waals surface area contributed by atoms with Crippen LogP contribution in [-0.2, 0) is 6.54 Å². The van der Waals surface area contributed by atoms with E-state index in [9.17, 15) is 4.79 Å². The summed E-state index contributed by atoms with van der Waals surface area (Å²) in [6, 6.07) is 5.74. The molecule has 0 spiro atoms. The number of hydrogen-bond donors (Lipinski definition) is 0. The van der Waals surface area contributed by atoms with E-state index >= 15 is 0 Å². The fourth-order valence-electron chi connectivity index (χ4n) is 2.99. The highest BCUT2D eigenvalue weighted by atomic mass is 16.5. The molecule has 0 aromatic heterocycles. The average Bonchev–Trinajstić information content (AvgIpc) is 2.47. The van der Waals surface area contributed by atoms with Crippen LogP contribution < -0.4 is 4.74 Å². The monoisotopic (exact) mass is 275 g/mol. The summed E-state index contributed by atoms with van der Waals surface area (Å²) in [7, 11) is 1.69. The van der Waals surface area contributed by atoms with Crippen molar-refractivity contribution >= 4 is 5.78 Å². The number of benzene rings is 1. The maximum Gasteiger partial charge on any atom is 0.159 e. The molecule has 1 fully saturated rings. The lowest BCUT2D eigenvalue weighted by molar-refractivity contribution is 0.101. The number of carbonyl (C=O) groups excluding carboxylic acids is 1. The Morgan fingerprint density at radius 1 is 1.45 bits per heavy atom. The van der Waals surface area contributed by atoms with Gasteiger partial charge in [-0.1, -0.05) is 13.3 Å². The fourth-order valence-corrected chi connectivity index (χ4v) is 2.99. The number of rotatable bonds is 5. The Bertz CT molecular complexity index is 470. The zero-order valence-corrected chi connectivity index (χ0v) is 12.8. The van der Waals surface area contributed by atoms with E-state index in [-0.39, 0.29) is 5.78 Å².